The van der Waals surface area contributed by atoms with E-state index in [1.54, 1.807) is 6.26 Å². The molecule has 2 heterocycles. The van der Waals surface area contributed by atoms with Crippen molar-refractivity contribution in [1.82, 2.24) is 15.2 Å². The quantitative estimate of drug-likeness (QED) is 0.699. The smallest absolute Gasteiger partial charge is 0.226 e. The molecule has 0 saturated carbocycles. The molecule has 1 atom stereocenters. The molecule has 0 bridgehead atoms. The number of nitrogens with one attached hydrogen (secondary N) is 1. The fourth-order valence-electron chi connectivity index (χ4n) is 2.99. The van der Waals surface area contributed by atoms with Gasteiger partial charge in [-0.1, -0.05) is 25.1 Å². The van der Waals surface area contributed by atoms with Crippen molar-refractivity contribution in [1.29, 1.82) is 0 Å². The summed E-state index contributed by atoms with van der Waals surface area (Å²) in [5.74, 6) is 2.32. The Morgan fingerprint density at radius 2 is 2.22 bits per heavy atom. The van der Waals surface area contributed by atoms with Crippen molar-refractivity contribution in [2.24, 2.45) is 10.9 Å². The first-order valence-corrected chi connectivity index (χ1v) is 8.21. The molecule has 1 aromatic heterocycles. The first-order valence-electron chi connectivity index (χ1n) is 8.21. The van der Waals surface area contributed by atoms with E-state index in [1.807, 2.05) is 37.4 Å². The SMILES string of the molecule is CN=C(NCc1coc(-c2ccccc2)n1)N1CCCC(C)C1. The Kier molecular flexibility index (Phi) is 4.95. The van der Waals surface area contributed by atoms with Crippen molar-refractivity contribution < 1.29 is 4.42 Å². The predicted octanol–water partition coefficient (Wildman–Crippen LogP) is 3.15. The predicted molar refractivity (Wildman–Crippen MR) is 92.1 cm³/mol. The summed E-state index contributed by atoms with van der Waals surface area (Å²) >= 11 is 0. The van der Waals surface area contributed by atoms with Gasteiger partial charge in [0, 0.05) is 25.7 Å². The molecule has 0 amide bonds. The molecule has 1 saturated heterocycles. The minimum Gasteiger partial charge on any atom is -0.444 e. The summed E-state index contributed by atoms with van der Waals surface area (Å²) < 4.78 is 5.57. The van der Waals surface area contributed by atoms with Crippen LogP contribution >= 0.6 is 0 Å². The average molecular weight is 312 g/mol. The van der Waals surface area contributed by atoms with Crippen LogP contribution in [-0.4, -0.2) is 36.0 Å². The molecule has 1 fully saturated rings. The number of aliphatic imine (C=N–C) groups is 1. The first-order chi connectivity index (χ1) is 11.3. The van der Waals surface area contributed by atoms with Gasteiger partial charge in [0.1, 0.15) is 6.26 Å². The highest BCUT2D eigenvalue weighted by Gasteiger charge is 2.19. The second-order valence-electron chi connectivity index (χ2n) is 6.10. The lowest BCUT2D eigenvalue weighted by molar-refractivity contribution is 0.266. The van der Waals surface area contributed by atoms with Crippen LogP contribution < -0.4 is 5.32 Å². The summed E-state index contributed by atoms with van der Waals surface area (Å²) in [5.41, 5.74) is 1.88. The van der Waals surface area contributed by atoms with Gasteiger partial charge in [-0.15, -0.1) is 0 Å². The Bertz CT molecular complexity index is 650. The second kappa shape index (κ2) is 7.31. The summed E-state index contributed by atoms with van der Waals surface area (Å²) in [6.07, 6.45) is 4.24. The van der Waals surface area contributed by atoms with E-state index in [0.29, 0.717) is 12.4 Å². The van der Waals surface area contributed by atoms with Crippen LogP contribution in [0.15, 0.2) is 46.0 Å². The highest BCUT2D eigenvalue weighted by atomic mass is 16.3. The summed E-state index contributed by atoms with van der Waals surface area (Å²) in [6, 6.07) is 9.94. The third-order valence-corrected chi connectivity index (χ3v) is 4.17. The zero-order valence-corrected chi connectivity index (χ0v) is 13.8. The topological polar surface area (TPSA) is 53.7 Å². The van der Waals surface area contributed by atoms with E-state index >= 15 is 0 Å². The van der Waals surface area contributed by atoms with Crippen molar-refractivity contribution in [3.63, 3.8) is 0 Å². The Morgan fingerprint density at radius 1 is 1.39 bits per heavy atom. The Hall–Kier alpha value is -2.30. The molecule has 1 aliphatic heterocycles. The minimum atomic E-state index is 0.619. The van der Waals surface area contributed by atoms with Crippen LogP contribution in [0.2, 0.25) is 0 Å². The fraction of sp³-hybridized carbons (Fsp3) is 0.444. The van der Waals surface area contributed by atoms with Crippen molar-refractivity contribution in [2.45, 2.75) is 26.3 Å². The molecular weight excluding hydrogens is 288 g/mol. The maximum atomic E-state index is 5.57. The number of rotatable bonds is 3. The maximum Gasteiger partial charge on any atom is 0.226 e. The van der Waals surface area contributed by atoms with E-state index in [9.17, 15) is 0 Å². The van der Waals surface area contributed by atoms with Gasteiger partial charge in [-0.05, 0) is 30.9 Å². The lowest BCUT2D eigenvalue weighted by atomic mass is 10.0. The van der Waals surface area contributed by atoms with E-state index in [2.05, 4.69) is 27.1 Å². The number of nitrogens with zero attached hydrogens (tertiary/aromatic N) is 3. The van der Waals surface area contributed by atoms with Gasteiger partial charge in [-0.3, -0.25) is 4.99 Å². The molecule has 1 N–H and O–H groups in total. The minimum absolute atomic E-state index is 0.619. The van der Waals surface area contributed by atoms with Gasteiger partial charge in [0.05, 0.1) is 12.2 Å². The van der Waals surface area contributed by atoms with Gasteiger partial charge in [-0.2, -0.15) is 0 Å². The molecule has 1 aliphatic rings. The molecular formula is C18H24N4O. The van der Waals surface area contributed by atoms with Crippen LogP contribution in [0.25, 0.3) is 11.5 Å². The van der Waals surface area contributed by atoms with E-state index < -0.39 is 0 Å². The van der Waals surface area contributed by atoms with Crippen LogP contribution in [0.4, 0.5) is 0 Å². The molecule has 23 heavy (non-hydrogen) atoms. The van der Waals surface area contributed by atoms with Gasteiger partial charge in [0.15, 0.2) is 5.96 Å². The van der Waals surface area contributed by atoms with Crippen LogP contribution in [0.5, 0.6) is 0 Å². The Morgan fingerprint density at radius 3 is 2.96 bits per heavy atom. The van der Waals surface area contributed by atoms with Crippen LogP contribution in [-0.2, 0) is 6.54 Å². The zero-order valence-electron chi connectivity index (χ0n) is 13.8. The second-order valence-corrected chi connectivity index (χ2v) is 6.10. The molecule has 1 unspecified atom stereocenters. The van der Waals surface area contributed by atoms with Gasteiger partial charge in [0.2, 0.25) is 5.89 Å². The monoisotopic (exact) mass is 312 g/mol. The Balaban J connectivity index is 1.60. The summed E-state index contributed by atoms with van der Waals surface area (Å²) in [7, 11) is 1.83. The molecule has 122 valence electrons. The normalized spacial score (nSPS) is 19.0. The van der Waals surface area contributed by atoms with E-state index in [4.69, 9.17) is 4.42 Å². The van der Waals surface area contributed by atoms with E-state index in [0.717, 1.165) is 36.2 Å². The van der Waals surface area contributed by atoms with Gasteiger partial charge >= 0.3 is 0 Å². The van der Waals surface area contributed by atoms with Gasteiger partial charge in [0.25, 0.3) is 0 Å². The van der Waals surface area contributed by atoms with Gasteiger partial charge < -0.3 is 14.6 Å². The number of likely N-dealkylation sites (tertiary alicyclic amines) is 1. The van der Waals surface area contributed by atoms with Crippen molar-refractivity contribution in [2.75, 3.05) is 20.1 Å². The molecule has 2 aromatic rings. The summed E-state index contributed by atoms with van der Waals surface area (Å²) in [4.78, 5) is 11.3. The van der Waals surface area contributed by atoms with Crippen molar-refractivity contribution >= 4 is 5.96 Å². The molecule has 0 aliphatic carbocycles. The first kappa shape index (κ1) is 15.6. The molecule has 5 heteroatoms. The highest BCUT2D eigenvalue weighted by molar-refractivity contribution is 5.79. The summed E-state index contributed by atoms with van der Waals surface area (Å²) in [6.45, 7) is 5.04. The number of piperidine rings is 1. The highest BCUT2D eigenvalue weighted by Crippen LogP contribution is 2.18. The molecule has 0 radical (unpaired) electrons. The molecule has 1 aromatic carbocycles. The summed E-state index contributed by atoms with van der Waals surface area (Å²) in [5, 5.41) is 3.39. The van der Waals surface area contributed by atoms with Crippen LogP contribution in [0.3, 0.4) is 0 Å². The molecule has 3 rings (SSSR count). The molecule has 5 nitrogen and oxygen atoms in total. The van der Waals surface area contributed by atoms with Crippen LogP contribution in [0.1, 0.15) is 25.5 Å². The Labute approximate surface area is 137 Å². The number of guanidine groups is 1. The third kappa shape index (κ3) is 3.92. The number of oxazole rings is 1. The van der Waals surface area contributed by atoms with Crippen molar-refractivity contribution in [3.8, 4) is 11.5 Å². The standard InChI is InChI=1S/C18H24N4O/c1-14-7-6-10-22(12-14)18(19-2)20-11-16-13-23-17(21-16)15-8-4-3-5-9-15/h3-5,8-9,13-14H,6-7,10-12H2,1-2H3,(H,19,20). The fourth-order valence-corrected chi connectivity index (χ4v) is 2.99. The number of hydrogen-bond acceptors (Lipinski definition) is 3. The average Bonchev–Trinajstić information content (AvgIpc) is 3.05. The van der Waals surface area contributed by atoms with E-state index in [-0.39, 0.29) is 0 Å². The maximum absolute atomic E-state index is 5.57. The largest absolute Gasteiger partial charge is 0.444 e. The number of hydrogen-bond donors (Lipinski definition) is 1. The van der Waals surface area contributed by atoms with Crippen LogP contribution in [0, 0.1) is 5.92 Å². The molecule has 0 spiro atoms. The van der Waals surface area contributed by atoms with E-state index in [1.165, 1.54) is 12.8 Å². The lowest BCUT2D eigenvalue weighted by Crippen LogP contribution is -2.45. The number of benzene rings is 1. The number of aromatic nitrogens is 1. The zero-order chi connectivity index (χ0) is 16.1. The van der Waals surface area contributed by atoms with Crippen molar-refractivity contribution in [3.05, 3.63) is 42.3 Å². The lowest BCUT2D eigenvalue weighted by Gasteiger charge is -2.33. The van der Waals surface area contributed by atoms with Gasteiger partial charge in [-0.25, -0.2) is 4.98 Å². The third-order valence-electron chi connectivity index (χ3n) is 4.17.